The molecule has 0 aromatic heterocycles. The number of benzene rings is 1. The van der Waals surface area contributed by atoms with E-state index in [1.807, 2.05) is 30.3 Å². The number of allylic oxidation sites excluding steroid dienone is 3. The smallest absolute Gasteiger partial charge is 0.118 e. The Balaban J connectivity index is 2.59. The van der Waals surface area contributed by atoms with Crippen LogP contribution in [0.25, 0.3) is 0 Å². The number of hydrogen-bond acceptors (Lipinski definition) is 3. The maximum absolute atomic E-state index is 8.91. The molecule has 0 saturated heterocycles. The van der Waals surface area contributed by atoms with E-state index in [1.54, 1.807) is 7.11 Å². The van der Waals surface area contributed by atoms with E-state index in [0.29, 0.717) is 6.61 Å². The average molecular weight is 359 g/mol. The van der Waals surface area contributed by atoms with Gasteiger partial charge in [0.2, 0.25) is 0 Å². The number of aliphatic hydroxyl groups excluding tert-OH is 1. The Morgan fingerprint density at radius 1 is 1.04 bits per heavy atom. The molecule has 0 bridgehead atoms. The molecule has 3 nitrogen and oxygen atoms in total. The zero-order chi connectivity index (χ0) is 19.4. The molecule has 3 heteroatoms. The van der Waals surface area contributed by atoms with Gasteiger partial charge in [-0.15, -0.1) is 0 Å². The molecule has 0 saturated carbocycles. The van der Waals surface area contributed by atoms with Crippen LogP contribution in [-0.4, -0.2) is 24.9 Å². The first-order valence-corrected chi connectivity index (χ1v) is 9.26. The van der Waals surface area contributed by atoms with Gasteiger partial charge in [0.15, 0.2) is 0 Å². The maximum Gasteiger partial charge on any atom is 0.118 e. The second kappa shape index (κ2) is 12.5. The summed E-state index contributed by atoms with van der Waals surface area (Å²) in [7, 11) is 1.67. The Labute approximate surface area is 159 Å². The molecule has 0 heterocycles. The van der Waals surface area contributed by atoms with Gasteiger partial charge in [0.05, 0.1) is 26.4 Å². The van der Waals surface area contributed by atoms with Crippen LogP contribution in [-0.2, 0) is 11.3 Å². The lowest BCUT2D eigenvalue weighted by Gasteiger charge is -2.16. The van der Waals surface area contributed by atoms with E-state index < -0.39 is 0 Å². The molecule has 26 heavy (non-hydrogen) atoms. The van der Waals surface area contributed by atoms with Crippen molar-refractivity contribution in [2.45, 2.75) is 59.7 Å². The lowest BCUT2D eigenvalue weighted by molar-refractivity contribution is 0.0717. The number of aliphatic hydroxyl groups is 1. The number of methoxy groups -OCH3 is 1. The molecule has 144 valence electrons. The van der Waals surface area contributed by atoms with E-state index in [9.17, 15) is 0 Å². The van der Waals surface area contributed by atoms with Crippen molar-refractivity contribution in [3.8, 4) is 5.75 Å². The molecular formula is C23H34O3. The van der Waals surface area contributed by atoms with E-state index in [-0.39, 0.29) is 12.7 Å². The van der Waals surface area contributed by atoms with Gasteiger partial charge >= 0.3 is 0 Å². The zero-order valence-corrected chi connectivity index (χ0v) is 16.9. The van der Waals surface area contributed by atoms with Crippen molar-refractivity contribution in [2.75, 3.05) is 13.7 Å². The minimum atomic E-state index is 0.0763. The van der Waals surface area contributed by atoms with Crippen LogP contribution in [0.1, 0.15) is 52.5 Å². The quantitative estimate of drug-likeness (QED) is 0.523. The van der Waals surface area contributed by atoms with Crippen molar-refractivity contribution in [1.82, 2.24) is 0 Å². The summed E-state index contributed by atoms with van der Waals surface area (Å²) in [5.41, 5.74) is 4.97. The monoisotopic (exact) mass is 358 g/mol. The molecule has 1 N–H and O–H groups in total. The van der Waals surface area contributed by atoms with Crippen LogP contribution in [0.4, 0.5) is 0 Å². The zero-order valence-electron chi connectivity index (χ0n) is 16.9. The van der Waals surface area contributed by atoms with Crippen LogP contribution in [0, 0.1) is 0 Å². The molecule has 1 atom stereocenters. The predicted octanol–water partition coefficient (Wildman–Crippen LogP) is 5.60. The number of hydrogen-bond donors (Lipinski definition) is 1. The fraction of sp³-hybridized carbons (Fsp3) is 0.478. The summed E-state index contributed by atoms with van der Waals surface area (Å²) in [6.07, 6.45) is 9.28. The molecule has 0 radical (unpaired) electrons. The van der Waals surface area contributed by atoms with Crippen molar-refractivity contribution in [3.63, 3.8) is 0 Å². The molecule has 0 aliphatic carbocycles. The fourth-order valence-corrected chi connectivity index (χ4v) is 2.67. The first-order chi connectivity index (χ1) is 12.4. The molecule has 0 amide bonds. The Morgan fingerprint density at radius 2 is 1.73 bits per heavy atom. The number of ether oxygens (including phenoxy) is 2. The summed E-state index contributed by atoms with van der Waals surface area (Å²) < 4.78 is 11.3. The van der Waals surface area contributed by atoms with Crippen molar-refractivity contribution in [2.24, 2.45) is 0 Å². The Morgan fingerprint density at radius 3 is 2.31 bits per heavy atom. The van der Waals surface area contributed by atoms with Gasteiger partial charge in [-0.25, -0.2) is 0 Å². The highest BCUT2D eigenvalue weighted by Gasteiger charge is 2.08. The van der Waals surface area contributed by atoms with Gasteiger partial charge in [-0.2, -0.15) is 0 Å². The van der Waals surface area contributed by atoms with E-state index >= 15 is 0 Å². The maximum atomic E-state index is 8.91. The van der Waals surface area contributed by atoms with Gasteiger partial charge in [0, 0.05) is 0 Å². The van der Waals surface area contributed by atoms with Crippen LogP contribution in [0.3, 0.4) is 0 Å². The summed E-state index contributed by atoms with van der Waals surface area (Å²) in [6.45, 7) is 9.13. The van der Waals surface area contributed by atoms with Crippen LogP contribution < -0.4 is 4.74 Å². The average Bonchev–Trinajstić information content (AvgIpc) is 2.60. The molecule has 1 aromatic rings. The molecule has 0 aliphatic rings. The number of rotatable bonds is 11. The van der Waals surface area contributed by atoms with Gasteiger partial charge in [-0.05, 0) is 64.7 Å². The van der Waals surface area contributed by atoms with E-state index in [0.717, 1.165) is 30.6 Å². The molecule has 0 spiro atoms. The minimum Gasteiger partial charge on any atom is -0.497 e. The molecule has 0 fully saturated rings. The second-order valence-corrected chi connectivity index (χ2v) is 6.97. The highest BCUT2D eigenvalue weighted by Crippen LogP contribution is 2.17. The topological polar surface area (TPSA) is 38.7 Å². The minimum absolute atomic E-state index is 0.0763. The Bertz CT molecular complexity index is 605. The van der Waals surface area contributed by atoms with E-state index in [4.69, 9.17) is 14.6 Å². The summed E-state index contributed by atoms with van der Waals surface area (Å²) >= 11 is 0. The van der Waals surface area contributed by atoms with Crippen molar-refractivity contribution in [3.05, 3.63) is 64.8 Å². The summed E-state index contributed by atoms with van der Waals surface area (Å²) in [5, 5.41) is 8.91. The van der Waals surface area contributed by atoms with E-state index in [2.05, 4.69) is 39.8 Å². The van der Waals surface area contributed by atoms with Crippen molar-refractivity contribution < 1.29 is 14.6 Å². The van der Waals surface area contributed by atoms with Gasteiger partial charge in [-0.1, -0.05) is 47.1 Å². The molecular weight excluding hydrogens is 324 g/mol. The Hall–Kier alpha value is -1.84. The third-order valence-electron chi connectivity index (χ3n) is 4.14. The Kier molecular flexibility index (Phi) is 10.7. The third kappa shape index (κ3) is 9.59. The highest BCUT2D eigenvalue weighted by molar-refractivity contribution is 5.26. The van der Waals surface area contributed by atoms with Crippen LogP contribution in [0.2, 0.25) is 0 Å². The SMILES string of the molecule is COc1ccc(COC(C=C(C)C)C/C(C)=C\CC/C(C)=C/CO)cc1. The van der Waals surface area contributed by atoms with Crippen LogP contribution in [0.15, 0.2) is 59.2 Å². The molecule has 1 aromatic carbocycles. The highest BCUT2D eigenvalue weighted by atomic mass is 16.5. The normalized spacial score (nSPS) is 13.5. The molecule has 0 aliphatic heterocycles. The first kappa shape index (κ1) is 22.2. The second-order valence-electron chi connectivity index (χ2n) is 6.97. The fourth-order valence-electron chi connectivity index (χ4n) is 2.67. The summed E-state index contributed by atoms with van der Waals surface area (Å²) in [4.78, 5) is 0. The lowest BCUT2D eigenvalue weighted by atomic mass is 10.0. The molecule has 1 unspecified atom stereocenters. The first-order valence-electron chi connectivity index (χ1n) is 9.26. The van der Waals surface area contributed by atoms with E-state index in [1.165, 1.54) is 16.7 Å². The van der Waals surface area contributed by atoms with Gasteiger partial charge < -0.3 is 14.6 Å². The molecule has 1 rings (SSSR count). The van der Waals surface area contributed by atoms with Crippen molar-refractivity contribution in [1.29, 1.82) is 0 Å². The summed E-state index contributed by atoms with van der Waals surface area (Å²) in [5.74, 6) is 0.860. The van der Waals surface area contributed by atoms with Crippen LogP contribution >= 0.6 is 0 Å². The van der Waals surface area contributed by atoms with Crippen molar-refractivity contribution >= 4 is 0 Å². The largest absolute Gasteiger partial charge is 0.497 e. The van der Waals surface area contributed by atoms with Gasteiger partial charge in [0.25, 0.3) is 0 Å². The summed E-state index contributed by atoms with van der Waals surface area (Å²) in [6, 6.07) is 8.00. The van der Waals surface area contributed by atoms with Crippen LogP contribution in [0.5, 0.6) is 5.75 Å². The lowest BCUT2D eigenvalue weighted by Crippen LogP contribution is -2.11. The standard InChI is InChI=1S/C23H34O3/c1-18(2)15-23(16-20(4)8-6-7-19(3)13-14-24)26-17-21-9-11-22(25-5)12-10-21/h8-13,15,23-24H,6-7,14,16-17H2,1-5H3/b19-13+,20-8-. The van der Waals surface area contributed by atoms with Gasteiger partial charge in [-0.3, -0.25) is 0 Å². The van der Waals surface area contributed by atoms with Gasteiger partial charge in [0.1, 0.15) is 5.75 Å². The third-order valence-corrected chi connectivity index (χ3v) is 4.14. The predicted molar refractivity (Wildman–Crippen MR) is 109 cm³/mol.